The fourth-order valence-electron chi connectivity index (χ4n) is 1.73. The van der Waals surface area contributed by atoms with Crippen LogP contribution in [0.25, 0.3) is 4.85 Å². The van der Waals surface area contributed by atoms with Crippen molar-refractivity contribution in [2.75, 3.05) is 6.61 Å². The number of hydrogen-bond acceptors (Lipinski definition) is 5. The van der Waals surface area contributed by atoms with Gasteiger partial charge in [-0.2, -0.15) is 0 Å². The minimum absolute atomic E-state index is 0.116. The summed E-state index contributed by atoms with van der Waals surface area (Å²) in [6, 6.07) is 3.57. The van der Waals surface area contributed by atoms with Crippen LogP contribution in [0.3, 0.4) is 0 Å². The number of esters is 1. The maximum absolute atomic E-state index is 11.7. The Morgan fingerprint density at radius 1 is 1.50 bits per heavy atom. The van der Waals surface area contributed by atoms with Crippen molar-refractivity contribution in [3.63, 3.8) is 0 Å². The summed E-state index contributed by atoms with van der Waals surface area (Å²) in [6.45, 7) is 9.88. The Hall–Kier alpha value is -2.75. The number of carbonyl (C=O) groups excluding carboxylic acids is 2. The van der Waals surface area contributed by atoms with E-state index in [1.165, 1.54) is 19.1 Å². The smallest absolute Gasteiger partial charge is 0.320 e. The van der Waals surface area contributed by atoms with Gasteiger partial charge in [-0.3, -0.25) is 19.7 Å². The lowest BCUT2D eigenvalue weighted by Crippen LogP contribution is -2.22. The van der Waals surface area contributed by atoms with Crippen molar-refractivity contribution in [2.24, 2.45) is 0 Å². The number of rotatable bonds is 5. The zero-order chi connectivity index (χ0) is 15.3. The van der Waals surface area contributed by atoms with Gasteiger partial charge in [-0.1, -0.05) is 6.07 Å². The number of nitro benzene ring substituents is 1. The molecule has 0 amide bonds. The highest BCUT2D eigenvalue weighted by molar-refractivity contribution is 6.03. The number of hydrogen-bond donors (Lipinski definition) is 0. The molecule has 20 heavy (non-hydrogen) atoms. The van der Waals surface area contributed by atoms with Gasteiger partial charge in [0.2, 0.25) is 0 Å². The Morgan fingerprint density at radius 3 is 2.60 bits per heavy atom. The molecular weight excluding hydrogens is 264 g/mol. The van der Waals surface area contributed by atoms with E-state index in [4.69, 9.17) is 11.3 Å². The number of ketones is 1. The third kappa shape index (κ3) is 3.17. The highest BCUT2D eigenvalue weighted by Gasteiger charge is 2.28. The molecule has 0 aliphatic heterocycles. The van der Waals surface area contributed by atoms with Gasteiger partial charge in [0.05, 0.1) is 18.1 Å². The van der Waals surface area contributed by atoms with Crippen molar-refractivity contribution in [1.82, 2.24) is 0 Å². The lowest BCUT2D eigenvalue weighted by molar-refractivity contribution is -0.383. The zero-order valence-corrected chi connectivity index (χ0v) is 11.0. The summed E-state index contributed by atoms with van der Waals surface area (Å²) in [7, 11) is 0. The van der Waals surface area contributed by atoms with Gasteiger partial charge in [-0.15, -0.1) is 0 Å². The van der Waals surface area contributed by atoms with Crippen LogP contribution in [0.1, 0.15) is 25.3 Å². The van der Waals surface area contributed by atoms with Gasteiger partial charge in [-0.25, -0.2) is 4.85 Å². The van der Waals surface area contributed by atoms with Crippen molar-refractivity contribution in [2.45, 2.75) is 19.8 Å². The summed E-state index contributed by atoms with van der Waals surface area (Å²) in [5, 5.41) is 10.7. The molecule has 0 bridgehead atoms. The maximum atomic E-state index is 11.7. The predicted octanol–water partition coefficient (Wildman–Crippen LogP) is 2.38. The van der Waals surface area contributed by atoms with E-state index in [9.17, 15) is 19.7 Å². The number of nitrogens with zero attached hydrogens (tertiary/aromatic N) is 2. The molecule has 1 atom stereocenters. The van der Waals surface area contributed by atoms with Gasteiger partial charge in [-0.05, 0) is 25.5 Å². The van der Waals surface area contributed by atoms with E-state index in [2.05, 4.69) is 4.85 Å². The van der Waals surface area contributed by atoms with Crippen LogP contribution >= 0.6 is 0 Å². The Labute approximate surface area is 115 Å². The van der Waals surface area contributed by atoms with Crippen molar-refractivity contribution >= 4 is 23.1 Å². The van der Waals surface area contributed by atoms with E-state index in [1.54, 1.807) is 6.92 Å². The number of benzene rings is 1. The molecule has 1 aromatic rings. The van der Waals surface area contributed by atoms with Crippen LogP contribution in [0.15, 0.2) is 18.2 Å². The molecule has 0 fully saturated rings. The molecule has 0 aromatic heterocycles. The summed E-state index contributed by atoms with van der Waals surface area (Å²) in [4.78, 5) is 36.4. The maximum Gasteiger partial charge on any atom is 0.320 e. The van der Waals surface area contributed by atoms with Gasteiger partial charge in [0, 0.05) is 6.07 Å². The van der Waals surface area contributed by atoms with Crippen LogP contribution in [0.4, 0.5) is 11.4 Å². The van der Waals surface area contributed by atoms with Gasteiger partial charge in [0.25, 0.3) is 11.4 Å². The van der Waals surface area contributed by atoms with Crippen LogP contribution in [0.2, 0.25) is 0 Å². The van der Waals surface area contributed by atoms with Crippen LogP contribution < -0.4 is 0 Å². The summed E-state index contributed by atoms with van der Waals surface area (Å²) in [5.74, 6) is -2.35. The molecule has 0 radical (unpaired) electrons. The van der Waals surface area contributed by atoms with Crippen molar-refractivity contribution in [1.29, 1.82) is 0 Å². The molecule has 7 nitrogen and oxygen atoms in total. The number of nitro groups is 1. The lowest BCUT2D eigenvalue weighted by atomic mass is 9.94. The third-order valence-corrected chi connectivity index (χ3v) is 2.58. The van der Waals surface area contributed by atoms with E-state index in [-0.39, 0.29) is 23.5 Å². The van der Waals surface area contributed by atoms with Crippen molar-refractivity contribution in [3.05, 3.63) is 45.3 Å². The van der Waals surface area contributed by atoms with Gasteiger partial charge in [0.15, 0.2) is 0 Å². The van der Waals surface area contributed by atoms with E-state index in [1.807, 2.05) is 0 Å². The Kier molecular flexibility index (Phi) is 4.92. The highest BCUT2D eigenvalue weighted by atomic mass is 16.6. The molecule has 1 unspecified atom stereocenters. The second-order valence-electron chi connectivity index (χ2n) is 3.91. The van der Waals surface area contributed by atoms with Crippen LogP contribution in [0.5, 0.6) is 0 Å². The monoisotopic (exact) mass is 276 g/mol. The molecule has 1 aromatic carbocycles. The second kappa shape index (κ2) is 6.43. The van der Waals surface area contributed by atoms with E-state index < -0.39 is 22.6 Å². The normalized spacial score (nSPS) is 11.2. The van der Waals surface area contributed by atoms with Crippen LogP contribution in [0, 0.1) is 16.7 Å². The number of carbonyl (C=O) groups is 2. The molecule has 1 rings (SSSR count). The Balaban J connectivity index is 3.30. The Morgan fingerprint density at radius 2 is 2.15 bits per heavy atom. The molecule has 0 aliphatic rings. The predicted molar refractivity (Wildman–Crippen MR) is 69.4 cm³/mol. The van der Waals surface area contributed by atoms with E-state index in [0.29, 0.717) is 0 Å². The molecule has 104 valence electrons. The first-order valence-corrected chi connectivity index (χ1v) is 5.75. The summed E-state index contributed by atoms with van der Waals surface area (Å²) < 4.78 is 4.80. The first-order chi connectivity index (χ1) is 9.42. The third-order valence-electron chi connectivity index (χ3n) is 2.58. The van der Waals surface area contributed by atoms with Gasteiger partial charge >= 0.3 is 5.97 Å². The molecule has 0 saturated carbocycles. The minimum atomic E-state index is -1.17. The highest BCUT2D eigenvalue weighted by Crippen LogP contribution is 2.31. The number of Topliss-reactive ketones (excluding diaryl/α,β-unsaturated/α-hetero) is 1. The van der Waals surface area contributed by atoms with Crippen molar-refractivity contribution in [3.8, 4) is 0 Å². The Bertz CT molecular complexity index is 603. The first kappa shape index (κ1) is 15.3. The lowest BCUT2D eigenvalue weighted by Gasteiger charge is -2.13. The van der Waals surface area contributed by atoms with Gasteiger partial charge in [0.1, 0.15) is 11.7 Å². The zero-order valence-electron chi connectivity index (χ0n) is 11.0. The molecule has 0 saturated heterocycles. The molecule has 0 aliphatic carbocycles. The van der Waals surface area contributed by atoms with Crippen LogP contribution in [-0.4, -0.2) is 23.3 Å². The average molecular weight is 276 g/mol. The SMILES string of the molecule is [C-]#[N+]c1cc(C(C(C)=O)C(=O)OCC)ccc1[N+](=O)[O-]. The summed E-state index contributed by atoms with van der Waals surface area (Å²) in [5.41, 5.74) is -0.370. The molecule has 7 heteroatoms. The minimum Gasteiger partial charge on any atom is -0.465 e. The fourth-order valence-corrected chi connectivity index (χ4v) is 1.73. The molecular formula is C13H12N2O5. The van der Waals surface area contributed by atoms with Gasteiger partial charge < -0.3 is 4.74 Å². The van der Waals surface area contributed by atoms with Crippen LogP contribution in [-0.2, 0) is 14.3 Å². The quantitative estimate of drug-likeness (QED) is 0.271. The molecule has 0 N–H and O–H groups in total. The average Bonchev–Trinajstić information content (AvgIpc) is 2.38. The van der Waals surface area contributed by atoms with E-state index >= 15 is 0 Å². The summed E-state index contributed by atoms with van der Waals surface area (Å²) >= 11 is 0. The topological polar surface area (TPSA) is 90.9 Å². The van der Waals surface area contributed by atoms with E-state index in [0.717, 1.165) is 6.07 Å². The second-order valence-corrected chi connectivity index (χ2v) is 3.91. The number of ether oxygens (including phenoxy) is 1. The molecule has 0 heterocycles. The van der Waals surface area contributed by atoms with Crippen molar-refractivity contribution < 1.29 is 19.2 Å². The largest absolute Gasteiger partial charge is 0.465 e. The first-order valence-electron chi connectivity index (χ1n) is 5.75. The molecule has 0 spiro atoms. The summed E-state index contributed by atoms with van der Waals surface area (Å²) in [6.07, 6.45) is 0. The standard InChI is InChI=1S/C13H12N2O5/c1-4-20-13(17)12(8(2)16)9-5-6-11(15(18)19)10(7-9)14-3/h5-7,12H,4H2,1-2H3. The fraction of sp³-hybridized carbons (Fsp3) is 0.308.